The average molecular weight is 349 g/mol. The Bertz CT molecular complexity index is 573. The van der Waals surface area contributed by atoms with Gasteiger partial charge < -0.3 is 19.9 Å². The van der Waals surface area contributed by atoms with E-state index in [1.54, 1.807) is 29.0 Å². The summed E-state index contributed by atoms with van der Waals surface area (Å²) in [4.78, 5) is 36.1. The van der Waals surface area contributed by atoms with Gasteiger partial charge >= 0.3 is 6.09 Å². The number of hydrogen-bond acceptors (Lipinski definition) is 6. The van der Waals surface area contributed by atoms with Crippen molar-refractivity contribution in [2.24, 2.45) is 0 Å². The van der Waals surface area contributed by atoms with Crippen molar-refractivity contribution >= 4 is 17.9 Å². The van der Waals surface area contributed by atoms with E-state index < -0.39 is 0 Å². The molecule has 25 heavy (non-hydrogen) atoms. The van der Waals surface area contributed by atoms with Crippen LogP contribution in [0.2, 0.25) is 0 Å². The van der Waals surface area contributed by atoms with Crippen LogP contribution in [0.1, 0.15) is 43.6 Å². The Kier molecular flexibility index (Phi) is 7.43. The molecule has 1 aromatic rings. The quantitative estimate of drug-likeness (QED) is 0.758. The van der Waals surface area contributed by atoms with E-state index in [9.17, 15) is 9.59 Å². The Morgan fingerprint density at radius 3 is 2.56 bits per heavy atom. The first kappa shape index (κ1) is 19.0. The molecule has 138 valence electrons. The number of piperazine rings is 1. The summed E-state index contributed by atoms with van der Waals surface area (Å²) in [5.74, 6) is 0.342. The monoisotopic (exact) mass is 349 g/mol. The molecule has 1 aliphatic heterocycles. The number of nitrogens with zero attached hydrogens (tertiary/aromatic N) is 4. The minimum atomic E-state index is -0.324. The van der Waals surface area contributed by atoms with Gasteiger partial charge in [0.25, 0.3) is 5.91 Å². The summed E-state index contributed by atoms with van der Waals surface area (Å²) in [6.45, 7) is 6.96. The van der Waals surface area contributed by atoms with Crippen molar-refractivity contribution in [2.75, 3.05) is 44.6 Å². The molecule has 2 rings (SSSR count). The second kappa shape index (κ2) is 9.80. The summed E-state index contributed by atoms with van der Waals surface area (Å²) >= 11 is 0. The molecule has 1 N–H and O–H groups in total. The number of anilines is 1. The predicted molar refractivity (Wildman–Crippen MR) is 94.5 cm³/mol. The summed E-state index contributed by atoms with van der Waals surface area (Å²) in [6.07, 6.45) is 4.62. The van der Waals surface area contributed by atoms with Gasteiger partial charge in [-0.05, 0) is 19.4 Å². The molecule has 0 bridgehead atoms. The standard InChI is InChI=1S/C17H27N5O3/c1-3-5-6-8-18-16-19-9-7-14(20-16)15(23)21-10-12-22(13-11-21)17(24)25-4-2/h7,9H,3-6,8,10-13H2,1-2H3,(H,18,19,20). The van der Waals surface area contributed by atoms with Crippen LogP contribution in [0.5, 0.6) is 0 Å². The third-order valence-corrected chi connectivity index (χ3v) is 4.03. The van der Waals surface area contributed by atoms with E-state index in [0.717, 1.165) is 25.8 Å². The third-order valence-electron chi connectivity index (χ3n) is 4.03. The van der Waals surface area contributed by atoms with Crippen molar-refractivity contribution in [3.05, 3.63) is 18.0 Å². The van der Waals surface area contributed by atoms with Crippen molar-refractivity contribution in [2.45, 2.75) is 33.1 Å². The number of carbonyl (C=O) groups excluding carboxylic acids is 2. The van der Waals surface area contributed by atoms with E-state index in [2.05, 4.69) is 22.2 Å². The first-order valence-electron chi connectivity index (χ1n) is 8.93. The van der Waals surface area contributed by atoms with Crippen LogP contribution in [-0.4, -0.2) is 71.1 Å². The van der Waals surface area contributed by atoms with Gasteiger partial charge in [0.15, 0.2) is 0 Å². The number of amides is 2. The average Bonchev–Trinajstić information content (AvgIpc) is 2.65. The van der Waals surface area contributed by atoms with Gasteiger partial charge in [-0.2, -0.15) is 0 Å². The fraction of sp³-hybridized carbons (Fsp3) is 0.647. The van der Waals surface area contributed by atoms with Gasteiger partial charge in [-0.15, -0.1) is 0 Å². The maximum atomic E-state index is 12.6. The fourth-order valence-corrected chi connectivity index (χ4v) is 2.61. The van der Waals surface area contributed by atoms with Gasteiger partial charge in [-0.3, -0.25) is 4.79 Å². The number of hydrogen-bond donors (Lipinski definition) is 1. The Balaban J connectivity index is 1.87. The van der Waals surface area contributed by atoms with E-state index in [0.29, 0.717) is 44.4 Å². The molecule has 8 nitrogen and oxygen atoms in total. The first-order valence-corrected chi connectivity index (χ1v) is 8.93. The topological polar surface area (TPSA) is 87.7 Å². The van der Waals surface area contributed by atoms with E-state index in [4.69, 9.17) is 4.74 Å². The minimum absolute atomic E-state index is 0.137. The zero-order chi connectivity index (χ0) is 18.1. The Labute approximate surface area is 148 Å². The summed E-state index contributed by atoms with van der Waals surface area (Å²) in [5, 5.41) is 3.15. The van der Waals surface area contributed by atoms with Crippen LogP contribution < -0.4 is 5.32 Å². The lowest BCUT2D eigenvalue weighted by molar-refractivity contribution is 0.0566. The predicted octanol–water partition coefficient (Wildman–Crippen LogP) is 1.99. The number of nitrogens with one attached hydrogen (secondary N) is 1. The highest BCUT2D eigenvalue weighted by atomic mass is 16.6. The van der Waals surface area contributed by atoms with Crippen LogP contribution in [0.15, 0.2) is 12.3 Å². The van der Waals surface area contributed by atoms with Crippen LogP contribution in [0.4, 0.5) is 10.7 Å². The molecular weight excluding hydrogens is 322 g/mol. The third kappa shape index (κ3) is 5.58. The second-order valence-electron chi connectivity index (χ2n) is 5.88. The Hall–Kier alpha value is -2.38. The van der Waals surface area contributed by atoms with Crippen LogP contribution in [0, 0.1) is 0 Å². The number of rotatable bonds is 7. The van der Waals surface area contributed by atoms with Gasteiger partial charge in [-0.1, -0.05) is 19.8 Å². The Morgan fingerprint density at radius 1 is 1.16 bits per heavy atom. The largest absolute Gasteiger partial charge is 0.450 e. The molecule has 0 radical (unpaired) electrons. The van der Waals surface area contributed by atoms with Crippen molar-refractivity contribution in [1.82, 2.24) is 19.8 Å². The summed E-state index contributed by atoms with van der Waals surface area (Å²) in [7, 11) is 0. The maximum Gasteiger partial charge on any atom is 0.409 e. The van der Waals surface area contributed by atoms with Crippen LogP contribution >= 0.6 is 0 Å². The smallest absolute Gasteiger partial charge is 0.409 e. The second-order valence-corrected chi connectivity index (χ2v) is 5.88. The lowest BCUT2D eigenvalue weighted by atomic mass is 10.2. The molecule has 2 heterocycles. The van der Waals surface area contributed by atoms with E-state index in [1.807, 2.05) is 0 Å². The molecule has 0 aliphatic carbocycles. The lowest BCUT2D eigenvalue weighted by Crippen LogP contribution is -2.50. The first-order chi connectivity index (χ1) is 12.2. The number of unbranched alkanes of at least 4 members (excludes halogenated alkanes) is 2. The van der Waals surface area contributed by atoms with Gasteiger partial charge in [0.2, 0.25) is 5.95 Å². The van der Waals surface area contributed by atoms with E-state index >= 15 is 0 Å². The van der Waals surface area contributed by atoms with Crippen molar-refractivity contribution in [3.63, 3.8) is 0 Å². The van der Waals surface area contributed by atoms with E-state index in [1.165, 1.54) is 0 Å². The number of carbonyl (C=O) groups is 2. The SMILES string of the molecule is CCCCCNc1nccc(C(=O)N2CCN(C(=O)OCC)CC2)n1. The van der Waals surface area contributed by atoms with Crippen molar-refractivity contribution < 1.29 is 14.3 Å². The number of aromatic nitrogens is 2. The van der Waals surface area contributed by atoms with Crippen LogP contribution in [-0.2, 0) is 4.74 Å². The summed E-state index contributed by atoms with van der Waals surface area (Å²) in [5.41, 5.74) is 0.373. The molecule has 0 unspecified atom stereocenters. The summed E-state index contributed by atoms with van der Waals surface area (Å²) < 4.78 is 4.99. The highest BCUT2D eigenvalue weighted by molar-refractivity contribution is 5.92. The highest BCUT2D eigenvalue weighted by Gasteiger charge is 2.26. The molecule has 0 saturated carbocycles. The molecule has 1 saturated heterocycles. The Morgan fingerprint density at radius 2 is 1.88 bits per heavy atom. The molecular formula is C17H27N5O3. The normalized spacial score (nSPS) is 14.3. The summed E-state index contributed by atoms with van der Waals surface area (Å²) in [6, 6.07) is 1.62. The highest BCUT2D eigenvalue weighted by Crippen LogP contribution is 2.10. The number of ether oxygens (including phenoxy) is 1. The minimum Gasteiger partial charge on any atom is -0.450 e. The molecule has 8 heteroatoms. The van der Waals surface area contributed by atoms with E-state index in [-0.39, 0.29) is 12.0 Å². The molecule has 1 aromatic heterocycles. The fourth-order valence-electron chi connectivity index (χ4n) is 2.61. The molecule has 0 aromatic carbocycles. The zero-order valence-corrected chi connectivity index (χ0v) is 15.0. The molecule has 2 amide bonds. The van der Waals surface area contributed by atoms with Gasteiger partial charge in [0.1, 0.15) is 5.69 Å². The van der Waals surface area contributed by atoms with Gasteiger partial charge in [0, 0.05) is 38.9 Å². The van der Waals surface area contributed by atoms with Crippen molar-refractivity contribution in [1.29, 1.82) is 0 Å². The molecule has 1 fully saturated rings. The molecule has 1 aliphatic rings. The van der Waals surface area contributed by atoms with Gasteiger partial charge in [-0.25, -0.2) is 14.8 Å². The maximum absolute atomic E-state index is 12.6. The molecule has 0 atom stereocenters. The van der Waals surface area contributed by atoms with Crippen LogP contribution in [0.3, 0.4) is 0 Å². The van der Waals surface area contributed by atoms with Crippen molar-refractivity contribution in [3.8, 4) is 0 Å². The van der Waals surface area contributed by atoms with Crippen LogP contribution in [0.25, 0.3) is 0 Å². The lowest BCUT2D eigenvalue weighted by Gasteiger charge is -2.33. The zero-order valence-electron chi connectivity index (χ0n) is 15.0. The molecule has 0 spiro atoms. The van der Waals surface area contributed by atoms with Gasteiger partial charge in [0.05, 0.1) is 6.61 Å².